The van der Waals surface area contributed by atoms with E-state index in [0.717, 1.165) is 44.7 Å². The second-order valence-electron chi connectivity index (χ2n) is 7.20. The van der Waals surface area contributed by atoms with Crippen LogP contribution < -0.4 is 5.32 Å². The molecule has 1 saturated heterocycles. The highest BCUT2D eigenvalue weighted by Gasteiger charge is 2.23. The molecule has 1 atom stereocenters. The van der Waals surface area contributed by atoms with Crippen molar-refractivity contribution in [3.05, 3.63) is 53.5 Å². The fraction of sp³-hybridized carbons (Fsp3) is 0.476. The molecule has 0 aliphatic carbocycles. The Bertz CT molecular complexity index is 732. The van der Waals surface area contributed by atoms with Gasteiger partial charge in [-0.3, -0.25) is 4.79 Å². The van der Waals surface area contributed by atoms with Crippen molar-refractivity contribution < 1.29 is 4.79 Å². The zero-order valence-corrected chi connectivity index (χ0v) is 15.7. The monoisotopic (exact) mass is 352 g/mol. The van der Waals surface area contributed by atoms with Gasteiger partial charge in [-0.2, -0.15) is 0 Å². The Morgan fingerprint density at radius 1 is 1.27 bits per heavy atom. The largest absolute Gasteiger partial charge is 0.370 e. The van der Waals surface area contributed by atoms with Gasteiger partial charge in [0.15, 0.2) is 0 Å². The first-order valence-corrected chi connectivity index (χ1v) is 9.54. The van der Waals surface area contributed by atoms with Crippen LogP contribution >= 0.6 is 0 Å². The van der Waals surface area contributed by atoms with Gasteiger partial charge in [0, 0.05) is 25.7 Å². The number of carbonyl (C=O) groups excluding carboxylic acids is 1. The molecule has 1 amide bonds. The summed E-state index contributed by atoms with van der Waals surface area (Å²) in [5, 5.41) is 3.34. The molecule has 0 radical (unpaired) electrons. The fourth-order valence-corrected chi connectivity index (χ4v) is 3.46. The van der Waals surface area contributed by atoms with Crippen molar-refractivity contribution in [2.75, 3.05) is 25.0 Å². The van der Waals surface area contributed by atoms with Crippen molar-refractivity contribution in [1.29, 1.82) is 0 Å². The van der Waals surface area contributed by atoms with Crippen LogP contribution in [0, 0.1) is 12.8 Å². The fourth-order valence-electron chi connectivity index (χ4n) is 3.46. The highest BCUT2D eigenvalue weighted by Crippen LogP contribution is 2.18. The van der Waals surface area contributed by atoms with Crippen molar-refractivity contribution in [2.45, 2.75) is 39.5 Å². The maximum Gasteiger partial charge on any atom is 0.272 e. The van der Waals surface area contributed by atoms with Crippen LogP contribution in [0.5, 0.6) is 0 Å². The van der Waals surface area contributed by atoms with Crippen LogP contribution in [-0.2, 0) is 6.42 Å². The minimum Gasteiger partial charge on any atom is -0.370 e. The Kier molecular flexibility index (Phi) is 6.21. The number of rotatable bonds is 6. The summed E-state index contributed by atoms with van der Waals surface area (Å²) in [5.74, 6) is 1.95. The minimum absolute atomic E-state index is 0.0226. The molecule has 1 fully saturated rings. The number of aryl methyl sites for hydroxylation is 2. The second kappa shape index (κ2) is 8.79. The topological polar surface area (TPSA) is 58.1 Å². The van der Waals surface area contributed by atoms with Crippen LogP contribution in [0.25, 0.3) is 0 Å². The molecule has 0 bridgehead atoms. The van der Waals surface area contributed by atoms with Gasteiger partial charge in [0.2, 0.25) is 0 Å². The Labute approximate surface area is 155 Å². The molecule has 5 nitrogen and oxygen atoms in total. The zero-order chi connectivity index (χ0) is 18.4. The van der Waals surface area contributed by atoms with Gasteiger partial charge in [-0.1, -0.05) is 37.3 Å². The molecule has 1 aliphatic heterocycles. The Balaban J connectivity index is 1.57. The van der Waals surface area contributed by atoms with Gasteiger partial charge in [-0.25, -0.2) is 9.97 Å². The number of nitrogens with one attached hydrogen (secondary N) is 1. The van der Waals surface area contributed by atoms with Crippen molar-refractivity contribution in [1.82, 2.24) is 14.9 Å². The van der Waals surface area contributed by atoms with Gasteiger partial charge in [0.1, 0.15) is 17.3 Å². The third-order valence-corrected chi connectivity index (χ3v) is 4.79. The number of amides is 1. The first kappa shape index (κ1) is 18.4. The summed E-state index contributed by atoms with van der Waals surface area (Å²) in [6, 6.07) is 12.2. The highest BCUT2D eigenvalue weighted by atomic mass is 16.2. The molecule has 5 heteroatoms. The third kappa shape index (κ3) is 5.04. The van der Waals surface area contributed by atoms with Crippen LogP contribution in [0.1, 0.15) is 48.1 Å². The summed E-state index contributed by atoms with van der Waals surface area (Å²) in [6.45, 7) is 6.50. The maximum absolute atomic E-state index is 12.8. The lowest BCUT2D eigenvalue weighted by Crippen LogP contribution is -2.39. The van der Waals surface area contributed by atoms with E-state index in [-0.39, 0.29) is 5.91 Å². The van der Waals surface area contributed by atoms with E-state index in [9.17, 15) is 4.79 Å². The molecule has 2 aromatic rings. The van der Waals surface area contributed by atoms with E-state index < -0.39 is 0 Å². The molecule has 26 heavy (non-hydrogen) atoms. The van der Waals surface area contributed by atoms with Gasteiger partial charge < -0.3 is 10.2 Å². The van der Waals surface area contributed by atoms with Gasteiger partial charge in [-0.05, 0) is 44.1 Å². The van der Waals surface area contributed by atoms with Crippen LogP contribution in [0.15, 0.2) is 36.4 Å². The average Bonchev–Trinajstić information content (AvgIpc) is 2.65. The lowest BCUT2D eigenvalue weighted by molar-refractivity contribution is 0.0676. The number of hydrogen-bond donors (Lipinski definition) is 1. The lowest BCUT2D eigenvalue weighted by atomic mass is 10.00. The molecule has 1 aromatic carbocycles. The first-order valence-electron chi connectivity index (χ1n) is 9.54. The third-order valence-electron chi connectivity index (χ3n) is 4.79. The van der Waals surface area contributed by atoms with Crippen LogP contribution in [0.3, 0.4) is 0 Å². The summed E-state index contributed by atoms with van der Waals surface area (Å²) >= 11 is 0. The number of aromatic nitrogens is 2. The van der Waals surface area contributed by atoms with Crippen molar-refractivity contribution in [2.24, 2.45) is 5.92 Å². The predicted molar refractivity (Wildman–Crippen MR) is 104 cm³/mol. The molecule has 1 aromatic heterocycles. The molecule has 1 unspecified atom stereocenters. The van der Waals surface area contributed by atoms with Crippen molar-refractivity contribution >= 4 is 11.7 Å². The lowest BCUT2D eigenvalue weighted by Gasteiger charge is -2.30. The normalized spacial score (nSPS) is 17.2. The van der Waals surface area contributed by atoms with Gasteiger partial charge in [0.05, 0.1) is 0 Å². The van der Waals surface area contributed by atoms with Gasteiger partial charge in [-0.15, -0.1) is 0 Å². The molecule has 0 saturated carbocycles. The van der Waals surface area contributed by atoms with E-state index in [1.807, 2.05) is 17.9 Å². The summed E-state index contributed by atoms with van der Waals surface area (Å²) in [5.41, 5.74) is 1.83. The first-order chi connectivity index (χ1) is 12.6. The second-order valence-corrected chi connectivity index (χ2v) is 7.20. The van der Waals surface area contributed by atoms with Crippen molar-refractivity contribution in [3.63, 3.8) is 0 Å². The highest BCUT2D eigenvalue weighted by molar-refractivity contribution is 5.93. The predicted octanol–water partition coefficient (Wildman–Crippen LogP) is 3.70. The molecule has 0 spiro atoms. The average molecular weight is 352 g/mol. The smallest absolute Gasteiger partial charge is 0.272 e. The molecule has 1 N–H and O–H groups in total. The van der Waals surface area contributed by atoms with Crippen LogP contribution in [0.2, 0.25) is 0 Å². The number of hydrogen-bond acceptors (Lipinski definition) is 4. The SMILES string of the molecule is Cc1nc(NCCCc2ccccc2)cc(C(=O)N2CCCC(C)C2)n1. The van der Waals surface area contributed by atoms with E-state index in [2.05, 4.69) is 46.5 Å². The summed E-state index contributed by atoms with van der Waals surface area (Å²) < 4.78 is 0. The van der Waals surface area contributed by atoms with Crippen LogP contribution in [-0.4, -0.2) is 40.4 Å². The standard InChI is InChI=1S/C21H28N4O/c1-16-8-7-13-25(15-16)21(26)19-14-20(24-17(2)23-19)22-12-6-11-18-9-4-3-5-10-18/h3-5,9-10,14,16H,6-8,11-13,15H2,1-2H3,(H,22,23,24). The number of benzene rings is 1. The number of likely N-dealkylation sites (tertiary alicyclic amines) is 1. The number of piperidine rings is 1. The van der Waals surface area contributed by atoms with E-state index >= 15 is 0 Å². The Hall–Kier alpha value is -2.43. The number of carbonyl (C=O) groups is 1. The van der Waals surface area contributed by atoms with E-state index in [4.69, 9.17) is 0 Å². The minimum atomic E-state index is 0.0226. The maximum atomic E-state index is 12.8. The van der Waals surface area contributed by atoms with E-state index in [1.54, 1.807) is 6.07 Å². The summed E-state index contributed by atoms with van der Waals surface area (Å²) in [6.07, 6.45) is 4.30. The zero-order valence-electron chi connectivity index (χ0n) is 15.7. The molecule has 138 valence electrons. The summed E-state index contributed by atoms with van der Waals surface area (Å²) in [4.78, 5) is 23.5. The van der Waals surface area contributed by atoms with E-state index in [1.165, 1.54) is 12.0 Å². The van der Waals surface area contributed by atoms with Gasteiger partial charge in [0.25, 0.3) is 5.91 Å². The Morgan fingerprint density at radius 3 is 2.85 bits per heavy atom. The molecule has 3 rings (SSSR count). The van der Waals surface area contributed by atoms with Crippen molar-refractivity contribution in [3.8, 4) is 0 Å². The van der Waals surface area contributed by atoms with Crippen LogP contribution in [0.4, 0.5) is 5.82 Å². The number of anilines is 1. The molecule has 1 aliphatic rings. The number of nitrogens with zero attached hydrogens (tertiary/aromatic N) is 3. The Morgan fingerprint density at radius 2 is 2.08 bits per heavy atom. The van der Waals surface area contributed by atoms with Gasteiger partial charge >= 0.3 is 0 Å². The molecule has 2 heterocycles. The quantitative estimate of drug-likeness (QED) is 0.805. The summed E-state index contributed by atoms with van der Waals surface area (Å²) in [7, 11) is 0. The molecular formula is C21H28N4O. The van der Waals surface area contributed by atoms with E-state index in [0.29, 0.717) is 17.4 Å². The molecular weight excluding hydrogens is 324 g/mol.